The summed E-state index contributed by atoms with van der Waals surface area (Å²) in [5.41, 5.74) is 0.660. The molecule has 1 aromatic rings. The molecular weight excluding hydrogens is 310 g/mol. The van der Waals surface area contributed by atoms with Gasteiger partial charge in [-0.2, -0.15) is 0 Å². The molecule has 4 nitrogen and oxygen atoms in total. The molecule has 0 aliphatic carbocycles. The van der Waals surface area contributed by atoms with Crippen LogP contribution in [0.5, 0.6) is 0 Å². The fraction of sp³-hybridized carbons (Fsp3) is 0.429. The summed E-state index contributed by atoms with van der Waals surface area (Å²) < 4.78 is 0.932. The van der Waals surface area contributed by atoms with Crippen molar-refractivity contribution < 1.29 is 14.7 Å². The Labute approximate surface area is 121 Å². The molecule has 0 saturated carbocycles. The van der Waals surface area contributed by atoms with Gasteiger partial charge in [0.2, 0.25) is 5.91 Å². The zero-order valence-electron chi connectivity index (χ0n) is 10.9. The Hall–Kier alpha value is -1.20. The number of Topliss-reactive ketones (excluding diaryl/α,β-unsaturated/α-hetero) is 1. The number of aliphatic hydroxyl groups is 1. The summed E-state index contributed by atoms with van der Waals surface area (Å²) >= 11 is 3.31. The highest BCUT2D eigenvalue weighted by Gasteiger charge is 2.09. The maximum atomic E-state index is 11.8. The van der Waals surface area contributed by atoms with Gasteiger partial charge < -0.3 is 10.4 Å². The molecule has 1 atom stereocenters. The standard InChI is InChI=1S/C14H18BrNO3/c1-10(9-17)16-14(19)4-2-3-13(18)11-5-7-12(15)8-6-11/h5-8,10,17H,2-4,9H2,1H3,(H,16,19). The molecule has 0 aromatic heterocycles. The van der Waals surface area contributed by atoms with E-state index in [0.717, 1.165) is 4.47 Å². The van der Waals surface area contributed by atoms with Crippen molar-refractivity contribution in [2.75, 3.05) is 6.61 Å². The highest BCUT2D eigenvalue weighted by atomic mass is 79.9. The third-order valence-corrected chi connectivity index (χ3v) is 3.18. The fourth-order valence-electron chi connectivity index (χ4n) is 1.58. The van der Waals surface area contributed by atoms with Crippen LogP contribution in [-0.2, 0) is 4.79 Å². The summed E-state index contributed by atoms with van der Waals surface area (Å²) in [5, 5.41) is 11.4. The quantitative estimate of drug-likeness (QED) is 0.755. The second-order valence-electron chi connectivity index (χ2n) is 4.43. The molecule has 1 aromatic carbocycles. The Kier molecular flexibility index (Phi) is 6.73. The molecule has 2 N–H and O–H groups in total. The number of hydrogen-bond acceptors (Lipinski definition) is 3. The Balaban J connectivity index is 2.31. The van der Waals surface area contributed by atoms with Crippen molar-refractivity contribution in [2.45, 2.75) is 32.2 Å². The fourth-order valence-corrected chi connectivity index (χ4v) is 1.85. The van der Waals surface area contributed by atoms with E-state index in [9.17, 15) is 9.59 Å². The van der Waals surface area contributed by atoms with Gasteiger partial charge in [0.15, 0.2) is 5.78 Å². The normalized spacial score (nSPS) is 11.9. The van der Waals surface area contributed by atoms with Gasteiger partial charge >= 0.3 is 0 Å². The summed E-state index contributed by atoms with van der Waals surface area (Å²) in [6.07, 6.45) is 1.16. The molecule has 0 heterocycles. The van der Waals surface area contributed by atoms with Crippen molar-refractivity contribution in [3.63, 3.8) is 0 Å². The van der Waals surface area contributed by atoms with Crippen LogP contribution >= 0.6 is 15.9 Å². The molecule has 0 saturated heterocycles. The first-order valence-corrected chi connectivity index (χ1v) is 7.01. The molecule has 19 heavy (non-hydrogen) atoms. The largest absolute Gasteiger partial charge is 0.394 e. The van der Waals surface area contributed by atoms with Gasteiger partial charge in [-0.15, -0.1) is 0 Å². The molecule has 5 heteroatoms. The molecule has 104 valence electrons. The Morgan fingerprint density at radius 1 is 1.26 bits per heavy atom. The Morgan fingerprint density at radius 3 is 2.47 bits per heavy atom. The van der Waals surface area contributed by atoms with E-state index in [4.69, 9.17) is 5.11 Å². The second kappa shape index (κ2) is 8.07. The molecule has 0 aliphatic heterocycles. The van der Waals surface area contributed by atoms with Crippen molar-refractivity contribution in [2.24, 2.45) is 0 Å². The second-order valence-corrected chi connectivity index (χ2v) is 5.35. The summed E-state index contributed by atoms with van der Waals surface area (Å²) in [6.45, 7) is 1.65. The van der Waals surface area contributed by atoms with E-state index >= 15 is 0 Å². The molecule has 1 amide bonds. The minimum atomic E-state index is -0.241. The average molecular weight is 328 g/mol. The number of hydrogen-bond donors (Lipinski definition) is 2. The highest BCUT2D eigenvalue weighted by molar-refractivity contribution is 9.10. The zero-order valence-corrected chi connectivity index (χ0v) is 12.4. The van der Waals surface area contributed by atoms with Crippen LogP contribution in [0.4, 0.5) is 0 Å². The average Bonchev–Trinajstić information content (AvgIpc) is 2.39. The molecule has 1 unspecified atom stereocenters. The molecule has 1 rings (SSSR count). The van der Waals surface area contributed by atoms with Gasteiger partial charge in [-0.05, 0) is 25.5 Å². The van der Waals surface area contributed by atoms with Crippen LogP contribution < -0.4 is 5.32 Å². The number of carbonyl (C=O) groups is 2. The van der Waals surface area contributed by atoms with E-state index in [0.29, 0.717) is 24.8 Å². The molecule has 0 bridgehead atoms. The first-order chi connectivity index (χ1) is 9.02. The van der Waals surface area contributed by atoms with Crippen LogP contribution in [-0.4, -0.2) is 29.4 Å². The van der Waals surface area contributed by atoms with E-state index in [1.165, 1.54) is 0 Å². The maximum Gasteiger partial charge on any atom is 0.220 e. The van der Waals surface area contributed by atoms with Crippen molar-refractivity contribution in [3.05, 3.63) is 34.3 Å². The lowest BCUT2D eigenvalue weighted by Crippen LogP contribution is -2.34. The summed E-state index contributed by atoms with van der Waals surface area (Å²) in [4.78, 5) is 23.3. The lowest BCUT2D eigenvalue weighted by atomic mass is 10.1. The van der Waals surface area contributed by atoms with Crippen molar-refractivity contribution in [1.29, 1.82) is 0 Å². The number of ketones is 1. The SMILES string of the molecule is CC(CO)NC(=O)CCCC(=O)c1ccc(Br)cc1. The lowest BCUT2D eigenvalue weighted by Gasteiger charge is -2.10. The monoisotopic (exact) mass is 327 g/mol. The lowest BCUT2D eigenvalue weighted by molar-refractivity contribution is -0.122. The van der Waals surface area contributed by atoms with Crippen LogP contribution in [0.15, 0.2) is 28.7 Å². The number of benzene rings is 1. The molecule has 0 radical (unpaired) electrons. The van der Waals surface area contributed by atoms with E-state index < -0.39 is 0 Å². The summed E-state index contributed by atoms with van der Waals surface area (Å²) in [5.74, 6) is -0.0966. The third kappa shape index (κ3) is 5.98. The van der Waals surface area contributed by atoms with Gasteiger partial charge in [-0.1, -0.05) is 28.1 Å². The zero-order chi connectivity index (χ0) is 14.3. The number of halogens is 1. The van der Waals surface area contributed by atoms with Crippen LogP contribution in [0.3, 0.4) is 0 Å². The van der Waals surface area contributed by atoms with Crippen molar-refractivity contribution in [3.8, 4) is 0 Å². The predicted molar refractivity (Wildman–Crippen MR) is 77.0 cm³/mol. The third-order valence-electron chi connectivity index (χ3n) is 2.66. The minimum absolute atomic E-state index is 0.0375. The van der Waals surface area contributed by atoms with Gasteiger partial charge in [0.05, 0.1) is 6.61 Å². The van der Waals surface area contributed by atoms with Crippen LogP contribution in [0.25, 0.3) is 0 Å². The number of amides is 1. The Morgan fingerprint density at radius 2 is 1.89 bits per heavy atom. The van der Waals surface area contributed by atoms with E-state index in [1.54, 1.807) is 19.1 Å². The number of nitrogens with one attached hydrogen (secondary N) is 1. The number of rotatable bonds is 7. The van der Waals surface area contributed by atoms with Gasteiger partial charge in [-0.25, -0.2) is 0 Å². The minimum Gasteiger partial charge on any atom is -0.394 e. The molecular formula is C14H18BrNO3. The number of aliphatic hydroxyl groups excluding tert-OH is 1. The maximum absolute atomic E-state index is 11.8. The molecule has 0 spiro atoms. The van der Waals surface area contributed by atoms with Crippen molar-refractivity contribution >= 4 is 27.6 Å². The van der Waals surface area contributed by atoms with Gasteiger partial charge in [0, 0.05) is 28.9 Å². The van der Waals surface area contributed by atoms with Gasteiger partial charge in [0.1, 0.15) is 0 Å². The number of carbonyl (C=O) groups excluding carboxylic acids is 2. The molecule has 0 aliphatic rings. The van der Waals surface area contributed by atoms with E-state index in [2.05, 4.69) is 21.2 Å². The van der Waals surface area contributed by atoms with E-state index in [-0.39, 0.29) is 24.3 Å². The highest BCUT2D eigenvalue weighted by Crippen LogP contribution is 2.13. The first-order valence-electron chi connectivity index (χ1n) is 6.22. The smallest absolute Gasteiger partial charge is 0.220 e. The summed E-state index contributed by atoms with van der Waals surface area (Å²) in [6, 6.07) is 6.93. The Bertz CT molecular complexity index is 431. The van der Waals surface area contributed by atoms with Crippen LogP contribution in [0, 0.1) is 0 Å². The predicted octanol–water partition coefficient (Wildman–Crippen LogP) is 2.30. The van der Waals surface area contributed by atoms with Gasteiger partial charge in [0.25, 0.3) is 0 Å². The summed E-state index contributed by atoms with van der Waals surface area (Å²) in [7, 11) is 0. The van der Waals surface area contributed by atoms with Crippen molar-refractivity contribution in [1.82, 2.24) is 5.32 Å². The van der Waals surface area contributed by atoms with E-state index in [1.807, 2.05) is 12.1 Å². The first kappa shape index (κ1) is 15.9. The molecule has 0 fully saturated rings. The van der Waals surface area contributed by atoms with Gasteiger partial charge in [-0.3, -0.25) is 9.59 Å². The van der Waals surface area contributed by atoms with Crippen LogP contribution in [0.2, 0.25) is 0 Å². The van der Waals surface area contributed by atoms with Crippen LogP contribution in [0.1, 0.15) is 36.5 Å². The topological polar surface area (TPSA) is 66.4 Å².